The number of thioether (sulfide) groups is 1. The fourth-order valence-corrected chi connectivity index (χ4v) is 2.59. The highest BCUT2D eigenvalue weighted by atomic mass is 32.2. The van der Waals surface area contributed by atoms with Gasteiger partial charge in [0, 0.05) is 24.2 Å². The van der Waals surface area contributed by atoms with E-state index in [0.717, 1.165) is 5.03 Å². The molecule has 1 unspecified atom stereocenters. The molecule has 1 heterocycles. The molecule has 1 aromatic heterocycles. The Kier molecular flexibility index (Phi) is 5.55. The SMILES string of the molecule is CC(C)NC(C)(CCSc1cnccn1)C(=O)O. The minimum atomic E-state index is -0.899. The minimum Gasteiger partial charge on any atom is -0.480 e. The molecule has 1 atom stereocenters. The van der Waals surface area contributed by atoms with E-state index in [1.807, 2.05) is 13.8 Å². The van der Waals surface area contributed by atoms with Gasteiger partial charge in [0.25, 0.3) is 0 Å². The smallest absolute Gasteiger partial charge is 0.323 e. The molecule has 6 heteroatoms. The van der Waals surface area contributed by atoms with Gasteiger partial charge in [-0.25, -0.2) is 4.98 Å². The predicted octanol–water partition coefficient (Wildman–Crippen LogP) is 1.80. The first-order valence-corrected chi connectivity index (χ1v) is 6.82. The maximum Gasteiger partial charge on any atom is 0.323 e. The van der Waals surface area contributed by atoms with Crippen LogP contribution in [-0.4, -0.2) is 38.4 Å². The standard InChI is InChI=1S/C12H19N3O2S/c1-9(2)15-12(3,11(16)17)4-7-18-10-8-13-5-6-14-10/h5-6,8-9,15H,4,7H2,1-3H3,(H,16,17). The van der Waals surface area contributed by atoms with Gasteiger partial charge in [0.2, 0.25) is 0 Å². The predicted molar refractivity (Wildman–Crippen MR) is 71.7 cm³/mol. The van der Waals surface area contributed by atoms with Crippen molar-refractivity contribution >= 4 is 17.7 Å². The quantitative estimate of drug-likeness (QED) is 0.735. The summed E-state index contributed by atoms with van der Waals surface area (Å²) in [6.07, 6.45) is 5.46. The van der Waals surface area contributed by atoms with E-state index >= 15 is 0 Å². The summed E-state index contributed by atoms with van der Waals surface area (Å²) in [6, 6.07) is 0.132. The number of carbonyl (C=O) groups is 1. The molecule has 0 radical (unpaired) electrons. The number of rotatable bonds is 7. The van der Waals surface area contributed by atoms with Crippen LogP contribution >= 0.6 is 11.8 Å². The maximum absolute atomic E-state index is 11.3. The summed E-state index contributed by atoms with van der Waals surface area (Å²) in [4.78, 5) is 19.4. The molecule has 0 spiro atoms. The van der Waals surface area contributed by atoms with Crippen LogP contribution in [0.3, 0.4) is 0 Å². The number of hydrogen-bond acceptors (Lipinski definition) is 5. The fourth-order valence-electron chi connectivity index (χ4n) is 1.60. The first-order valence-electron chi connectivity index (χ1n) is 5.84. The van der Waals surface area contributed by atoms with Crippen molar-refractivity contribution in [3.8, 4) is 0 Å². The van der Waals surface area contributed by atoms with Gasteiger partial charge < -0.3 is 5.11 Å². The lowest BCUT2D eigenvalue weighted by molar-refractivity contribution is -0.144. The summed E-state index contributed by atoms with van der Waals surface area (Å²) >= 11 is 1.51. The fraction of sp³-hybridized carbons (Fsp3) is 0.583. The Hall–Kier alpha value is -1.14. The van der Waals surface area contributed by atoms with Crippen molar-refractivity contribution < 1.29 is 9.90 Å². The zero-order valence-electron chi connectivity index (χ0n) is 10.9. The molecule has 18 heavy (non-hydrogen) atoms. The van der Waals surface area contributed by atoms with Gasteiger partial charge in [0.15, 0.2) is 0 Å². The minimum absolute atomic E-state index is 0.132. The van der Waals surface area contributed by atoms with Gasteiger partial charge in [-0.15, -0.1) is 11.8 Å². The third-order valence-corrected chi connectivity index (χ3v) is 3.39. The van der Waals surface area contributed by atoms with E-state index in [2.05, 4.69) is 15.3 Å². The van der Waals surface area contributed by atoms with Crippen LogP contribution in [0.2, 0.25) is 0 Å². The van der Waals surface area contributed by atoms with Gasteiger partial charge in [0.05, 0.1) is 6.20 Å². The molecule has 100 valence electrons. The van der Waals surface area contributed by atoms with Crippen molar-refractivity contribution in [2.24, 2.45) is 0 Å². The maximum atomic E-state index is 11.3. The molecule has 0 aliphatic heterocycles. The first kappa shape index (κ1) is 14.9. The zero-order chi connectivity index (χ0) is 13.6. The van der Waals surface area contributed by atoms with Crippen LogP contribution in [0.1, 0.15) is 27.2 Å². The Balaban J connectivity index is 2.50. The number of hydrogen-bond donors (Lipinski definition) is 2. The average Bonchev–Trinajstić information content (AvgIpc) is 2.29. The molecule has 0 saturated carbocycles. The van der Waals surface area contributed by atoms with Crippen molar-refractivity contribution in [1.29, 1.82) is 0 Å². The van der Waals surface area contributed by atoms with Crippen LogP contribution in [-0.2, 0) is 4.79 Å². The summed E-state index contributed by atoms with van der Waals surface area (Å²) in [5, 5.41) is 13.2. The molecule has 0 bridgehead atoms. The molecule has 0 saturated heterocycles. The number of aliphatic carboxylic acids is 1. The van der Waals surface area contributed by atoms with Gasteiger partial charge in [-0.2, -0.15) is 0 Å². The van der Waals surface area contributed by atoms with Crippen LogP contribution in [0, 0.1) is 0 Å². The molecular weight excluding hydrogens is 250 g/mol. The molecule has 0 fully saturated rings. The summed E-state index contributed by atoms with van der Waals surface area (Å²) < 4.78 is 0. The lowest BCUT2D eigenvalue weighted by Gasteiger charge is -2.28. The summed E-state index contributed by atoms with van der Waals surface area (Å²) in [5.41, 5.74) is -0.899. The van der Waals surface area contributed by atoms with Gasteiger partial charge in [-0.05, 0) is 27.2 Å². The van der Waals surface area contributed by atoms with Gasteiger partial charge in [-0.1, -0.05) is 0 Å². The number of carboxylic acids is 1. The number of aromatic nitrogens is 2. The average molecular weight is 269 g/mol. The molecule has 0 aliphatic carbocycles. The Morgan fingerprint density at radius 2 is 2.28 bits per heavy atom. The lowest BCUT2D eigenvalue weighted by atomic mass is 9.98. The Morgan fingerprint density at radius 3 is 2.78 bits per heavy atom. The highest BCUT2D eigenvalue weighted by Gasteiger charge is 2.32. The Bertz CT molecular complexity index is 386. The topological polar surface area (TPSA) is 75.1 Å². The van der Waals surface area contributed by atoms with E-state index in [1.54, 1.807) is 25.5 Å². The molecule has 5 nitrogen and oxygen atoms in total. The highest BCUT2D eigenvalue weighted by Crippen LogP contribution is 2.20. The molecule has 0 aliphatic rings. The molecule has 2 N–H and O–H groups in total. The summed E-state index contributed by atoms with van der Waals surface area (Å²) in [7, 11) is 0. The third-order valence-electron chi connectivity index (χ3n) is 2.47. The molecule has 1 aromatic rings. The summed E-state index contributed by atoms with van der Waals surface area (Å²) in [5.74, 6) is -0.141. The van der Waals surface area contributed by atoms with Gasteiger partial charge >= 0.3 is 5.97 Å². The van der Waals surface area contributed by atoms with Crippen LogP contribution in [0.4, 0.5) is 0 Å². The first-order chi connectivity index (χ1) is 8.44. The lowest BCUT2D eigenvalue weighted by Crippen LogP contribution is -2.52. The third kappa shape index (κ3) is 4.62. The molecular formula is C12H19N3O2S. The second kappa shape index (κ2) is 6.70. The second-order valence-corrected chi connectivity index (χ2v) is 5.69. The zero-order valence-corrected chi connectivity index (χ0v) is 11.7. The van der Waals surface area contributed by atoms with Crippen molar-refractivity contribution in [2.75, 3.05) is 5.75 Å². The van der Waals surface area contributed by atoms with Crippen LogP contribution in [0.15, 0.2) is 23.6 Å². The van der Waals surface area contributed by atoms with E-state index < -0.39 is 11.5 Å². The van der Waals surface area contributed by atoms with Crippen molar-refractivity contribution in [1.82, 2.24) is 15.3 Å². The molecule has 0 aromatic carbocycles. The highest BCUT2D eigenvalue weighted by molar-refractivity contribution is 7.99. The van der Waals surface area contributed by atoms with E-state index in [0.29, 0.717) is 12.2 Å². The van der Waals surface area contributed by atoms with E-state index in [-0.39, 0.29) is 6.04 Å². The van der Waals surface area contributed by atoms with E-state index in [9.17, 15) is 9.90 Å². The van der Waals surface area contributed by atoms with Crippen molar-refractivity contribution in [2.45, 2.75) is 43.8 Å². The van der Waals surface area contributed by atoms with Crippen molar-refractivity contribution in [3.05, 3.63) is 18.6 Å². The number of nitrogens with one attached hydrogen (secondary N) is 1. The largest absolute Gasteiger partial charge is 0.480 e. The number of nitrogens with zero attached hydrogens (tertiary/aromatic N) is 2. The van der Waals surface area contributed by atoms with Crippen LogP contribution in [0.25, 0.3) is 0 Å². The Morgan fingerprint density at radius 1 is 1.56 bits per heavy atom. The van der Waals surface area contributed by atoms with Gasteiger partial charge in [0.1, 0.15) is 10.6 Å². The van der Waals surface area contributed by atoms with E-state index in [4.69, 9.17) is 0 Å². The van der Waals surface area contributed by atoms with E-state index in [1.165, 1.54) is 11.8 Å². The van der Waals surface area contributed by atoms with Crippen molar-refractivity contribution in [3.63, 3.8) is 0 Å². The number of carboxylic acid groups (broad SMARTS) is 1. The normalized spacial score (nSPS) is 14.4. The van der Waals surface area contributed by atoms with Gasteiger partial charge in [-0.3, -0.25) is 15.1 Å². The van der Waals surface area contributed by atoms with Crippen LogP contribution in [0.5, 0.6) is 0 Å². The summed E-state index contributed by atoms with van der Waals surface area (Å²) in [6.45, 7) is 5.60. The second-order valence-electron chi connectivity index (χ2n) is 4.58. The molecule has 0 amide bonds. The van der Waals surface area contributed by atoms with Crippen LogP contribution < -0.4 is 5.32 Å². The molecule has 1 rings (SSSR count). The Labute approximate surface area is 111 Å². The monoisotopic (exact) mass is 269 g/mol.